The van der Waals surface area contributed by atoms with Crippen molar-refractivity contribution >= 4 is 29.8 Å². The Morgan fingerprint density at radius 2 is 1.03 bits per heavy atom. The van der Waals surface area contributed by atoms with Crippen molar-refractivity contribution in [3.63, 3.8) is 0 Å². The minimum absolute atomic E-state index is 0.134. The third-order valence-electron chi connectivity index (χ3n) is 13.9. The average Bonchev–Trinajstić information content (AvgIpc) is 4.05. The second-order valence-corrected chi connectivity index (χ2v) is 21.2. The van der Waals surface area contributed by atoms with Gasteiger partial charge in [-0.15, -0.1) is 0 Å². The summed E-state index contributed by atoms with van der Waals surface area (Å²) in [5.41, 5.74) is 7.36. The minimum atomic E-state index is -0.427. The molecular weight excluding hydrogens is 763 g/mol. The molecule has 1 aliphatic carbocycles. The first kappa shape index (κ1) is 46.7. The minimum Gasteiger partial charge on any atom is -0.444 e. The number of anilines is 2. The summed E-state index contributed by atoms with van der Waals surface area (Å²) < 4.78 is 11.0. The molecule has 6 fully saturated rings. The molecule has 0 bridgehead atoms. The summed E-state index contributed by atoms with van der Waals surface area (Å²) >= 11 is 0. The van der Waals surface area contributed by atoms with Crippen LogP contribution in [0.2, 0.25) is 0 Å². The van der Waals surface area contributed by atoms with Crippen LogP contribution in [-0.4, -0.2) is 109 Å². The van der Waals surface area contributed by atoms with Crippen molar-refractivity contribution in [2.45, 2.75) is 169 Å². The van der Waals surface area contributed by atoms with Gasteiger partial charge in [-0.05, 0) is 191 Å². The van der Waals surface area contributed by atoms with Gasteiger partial charge in [0.15, 0.2) is 0 Å². The predicted molar refractivity (Wildman–Crippen MR) is 248 cm³/mol. The van der Waals surface area contributed by atoms with E-state index in [9.17, 15) is 14.4 Å². The van der Waals surface area contributed by atoms with Crippen LogP contribution in [0.5, 0.6) is 0 Å². The number of aldehydes is 1. The van der Waals surface area contributed by atoms with Crippen LogP contribution in [-0.2, 0) is 16.0 Å². The van der Waals surface area contributed by atoms with Gasteiger partial charge < -0.3 is 29.1 Å². The molecule has 0 N–H and O–H groups in total. The van der Waals surface area contributed by atoms with E-state index in [0.29, 0.717) is 5.41 Å². The van der Waals surface area contributed by atoms with Crippen LogP contribution in [0.4, 0.5) is 21.0 Å². The van der Waals surface area contributed by atoms with Gasteiger partial charge in [0.1, 0.15) is 17.5 Å². The van der Waals surface area contributed by atoms with Gasteiger partial charge in [0.2, 0.25) is 0 Å². The number of carbonyl (C=O) groups excluding carboxylic acids is 3. The molecule has 2 aromatic carbocycles. The number of hydrogen-bond donors (Lipinski definition) is 0. The zero-order valence-electron chi connectivity index (χ0n) is 39.3. The van der Waals surface area contributed by atoms with Gasteiger partial charge in [-0.2, -0.15) is 0 Å². The van der Waals surface area contributed by atoms with Crippen LogP contribution in [0.1, 0.15) is 158 Å². The molecule has 0 radical (unpaired) electrons. The standard InChI is InChI=1S/C25H39N3O2.C14H25NO2.C12H15NO/c1-20-16-21(18-22(17-20)26-11-5-6-12-26)19-28-13-7-8-25(28)9-14-27(15-10-25)23(29)30-24(2,3)4;1-13(2,3)17-12(16)15-10-8-14(9-11-15)6-4-5-7-14;1-10-6-11(9-14)8-12(7-10)13-4-2-3-5-13/h16-18H,5-15,19H2,1-4H3;4-11H2,1-3H3;6-9H,2-5H2,1H3. The number of carbonyl (C=O) groups is 3. The number of rotatable bonds is 5. The molecule has 10 heteroatoms. The number of ether oxygens (including phenoxy) is 2. The van der Waals surface area contributed by atoms with E-state index in [0.717, 1.165) is 76.1 Å². The van der Waals surface area contributed by atoms with Gasteiger partial charge in [-0.1, -0.05) is 18.9 Å². The molecule has 61 heavy (non-hydrogen) atoms. The monoisotopic (exact) mass is 842 g/mol. The fourth-order valence-corrected chi connectivity index (χ4v) is 10.7. The molecule has 5 saturated heterocycles. The van der Waals surface area contributed by atoms with Gasteiger partial charge in [0.25, 0.3) is 0 Å². The first-order valence-electron chi connectivity index (χ1n) is 23.8. The Morgan fingerprint density at radius 3 is 1.52 bits per heavy atom. The lowest BCUT2D eigenvalue weighted by Crippen LogP contribution is -2.53. The van der Waals surface area contributed by atoms with Crippen LogP contribution in [0.25, 0.3) is 0 Å². The maximum atomic E-state index is 12.5. The van der Waals surface area contributed by atoms with E-state index in [4.69, 9.17) is 9.47 Å². The fraction of sp³-hybridized carbons (Fsp3) is 0.706. The van der Waals surface area contributed by atoms with Crippen molar-refractivity contribution in [3.05, 3.63) is 58.7 Å². The van der Waals surface area contributed by atoms with Crippen molar-refractivity contribution < 1.29 is 23.9 Å². The maximum Gasteiger partial charge on any atom is 0.410 e. The third-order valence-corrected chi connectivity index (χ3v) is 13.9. The van der Waals surface area contributed by atoms with Crippen LogP contribution in [0, 0.1) is 19.3 Å². The summed E-state index contributed by atoms with van der Waals surface area (Å²) in [5, 5.41) is 0. The van der Waals surface area contributed by atoms with Crippen LogP contribution in [0.3, 0.4) is 0 Å². The Labute approximate surface area is 368 Å². The molecule has 10 nitrogen and oxygen atoms in total. The van der Waals surface area contributed by atoms with Gasteiger partial charge in [-0.25, -0.2) is 9.59 Å². The van der Waals surface area contributed by atoms with E-state index < -0.39 is 5.60 Å². The van der Waals surface area contributed by atoms with Gasteiger partial charge in [0, 0.05) is 81.4 Å². The Bertz CT molecular complexity index is 1760. The molecule has 338 valence electrons. The SMILES string of the molecule is CC(C)(C)OC(=O)N1CCC2(CCCC2)CC1.Cc1cc(C=O)cc(N2CCCC2)c1.Cc1cc(CN2CCCC23CCN(C(=O)OC(C)(C)C)CC3)cc(N2CCCC2)c1. The van der Waals surface area contributed by atoms with E-state index >= 15 is 0 Å². The van der Waals surface area contributed by atoms with Gasteiger partial charge in [0.05, 0.1) is 0 Å². The van der Waals surface area contributed by atoms with E-state index in [1.165, 1.54) is 119 Å². The lowest BCUT2D eigenvalue weighted by Gasteiger charge is -2.45. The number of likely N-dealkylation sites (tertiary alicyclic amines) is 3. The topological polar surface area (TPSA) is 85.9 Å². The third kappa shape index (κ3) is 13.1. The Hall–Kier alpha value is -3.79. The Kier molecular flexibility index (Phi) is 15.4. The van der Waals surface area contributed by atoms with Crippen LogP contribution < -0.4 is 9.80 Å². The molecule has 5 heterocycles. The summed E-state index contributed by atoms with van der Waals surface area (Å²) in [6.07, 6.45) is 18.3. The fourth-order valence-electron chi connectivity index (χ4n) is 10.7. The maximum absolute atomic E-state index is 12.5. The highest BCUT2D eigenvalue weighted by Gasteiger charge is 2.44. The highest BCUT2D eigenvalue weighted by molar-refractivity contribution is 5.78. The summed E-state index contributed by atoms with van der Waals surface area (Å²) in [5.74, 6) is 0. The molecule has 8 rings (SSSR count). The lowest BCUT2D eigenvalue weighted by molar-refractivity contribution is 0.00153. The largest absolute Gasteiger partial charge is 0.444 e. The smallest absolute Gasteiger partial charge is 0.410 e. The van der Waals surface area contributed by atoms with Crippen molar-refractivity contribution in [2.24, 2.45) is 5.41 Å². The molecule has 1 saturated carbocycles. The molecule has 2 spiro atoms. The van der Waals surface area contributed by atoms with E-state index in [-0.39, 0.29) is 23.3 Å². The highest BCUT2D eigenvalue weighted by Crippen LogP contribution is 2.46. The van der Waals surface area contributed by atoms with E-state index in [1.807, 2.05) is 70.4 Å². The zero-order chi connectivity index (χ0) is 43.8. The van der Waals surface area contributed by atoms with Crippen molar-refractivity contribution in [1.29, 1.82) is 0 Å². The summed E-state index contributed by atoms with van der Waals surface area (Å²) in [6.45, 7) is 26.0. The Balaban J connectivity index is 0.000000169. The summed E-state index contributed by atoms with van der Waals surface area (Å²) in [7, 11) is 0. The first-order chi connectivity index (χ1) is 28.9. The average molecular weight is 842 g/mol. The normalized spacial score (nSPS) is 21.2. The summed E-state index contributed by atoms with van der Waals surface area (Å²) in [6, 6.07) is 13.2. The molecule has 5 aliphatic heterocycles. The number of aryl methyl sites for hydroxylation is 2. The summed E-state index contributed by atoms with van der Waals surface area (Å²) in [4.78, 5) is 46.5. The molecular formula is C51H79N5O5. The molecule has 0 unspecified atom stereocenters. The van der Waals surface area contributed by atoms with Gasteiger partial charge in [-0.3, -0.25) is 9.69 Å². The molecule has 6 aliphatic rings. The zero-order valence-corrected chi connectivity index (χ0v) is 39.3. The number of amides is 2. The second-order valence-electron chi connectivity index (χ2n) is 21.2. The molecule has 2 amide bonds. The second kappa shape index (κ2) is 20.2. The number of piperidine rings is 2. The van der Waals surface area contributed by atoms with Crippen LogP contribution >= 0.6 is 0 Å². The van der Waals surface area contributed by atoms with Crippen LogP contribution in [0.15, 0.2) is 36.4 Å². The quantitative estimate of drug-likeness (QED) is 0.275. The molecule has 2 aromatic rings. The van der Waals surface area contributed by atoms with Gasteiger partial charge >= 0.3 is 12.2 Å². The number of nitrogens with zero attached hydrogens (tertiary/aromatic N) is 5. The number of hydrogen-bond acceptors (Lipinski definition) is 8. The lowest BCUT2D eigenvalue weighted by atomic mass is 9.77. The molecule has 0 atom stereocenters. The van der Waals surface area contributed by atoms with E-state index in [1.54, 1.807) is 0 Å². The van der Waals surface area contributed by atoms with Crippen molar-refractivity contribution in [3.8, 4) is 0 Å². The predicted octanol–water partition coefficient (Wildman–Crippen LogP) is 10.9. The molecule has 0 aromatic heterocycles. The van der Waals surface area contributed by atoms with Crippen molar-refractivity contribution in [1.82, 2.24) is 14.7 Å². The Morgan fingerprint density at radius 1 is 0.557 bits per heavy atom. The highest BCUT2D eigenvalue weighted by atomic mass is 16.6. The van der Waals surface area contributed by atoms with Crippen molar-refractivity contribution in [2.75, 3.05) is 68.7 Å². The first-order valence-corrected chi connectivity index (χ1v) is 23.8. The number of benzene rings is 2. The van der Waals surface area contributed by atoms with E-state index in [2.05, 4.69) is 45.9 Å².